The van der Waals surface area contributed by atoms with Crippen LogP contribution in [0.5, 0.6) is 5.75 Å². The summed E-state index contributed by atoms with van der Waals surface area (Å²) in [4.78, 5) is 9.27. The van der Waals surface area contributed by atoms with Gasteiger partial charge in [0.1, 0.15) is 6.61 Å². The topological polar surface area (TPSA) is 28.1 Å². The van der Waals surface area contributed by atoms with Crippen molar-refractivity contribution in [3.63, 3.8) is 0 Å². The molecule has 0 unspecified atom stereocenters. The molecule has 25 heavy (non-hydrogen) atoms. The van der Waals surface area contributed by atoms with Gasteiger partial charge in [-0.3, -0.25) is 4.99 Å². The smallest absolute Gasteiger partial charge is 0.168 e. The van der Waals surface area contributed by atoms with Crippen molar-refractivity contribution >= 4 is 28.3 Å². The zero-order chi connectivity index (χ0) is 17.2. The van der Waals surface area contributed by atoms with E-state index in [0.29, 0.717) is 0 Å². The third-order valence-corrected chi connectivity index (χ3v) is 6.08. The number of benzene rings is 1. The van der Waals surface area contributed by atoms with Gasteiger partial charge in [-0.25, -0.2) is 0 Å². The quantitative estimate of drug-likeness (QED) is 0.708. The molecule has 0 spiro atoms. The van der Waals surface area contributed by atoms with Gasteiger partial charge in [0.15, 0.2) is 10.9 Å². The fourth-order valence-electron chi connectivity index (χ4n) is 3.73. The van der Waals surface area contributed by atoms with E-state index < -0.39 is 0 Å². The van der Waals surface area contributed by atoms with E-state index in [0.717, 1.165) is 43.6 Å². The zero-order valence-electron chi connectivity index (χ0n) is 15.3. The lowest BCUT2D eigenvalue weighted by Gasteiger charge is -2.31. The number of aliphatic imine (C=N–C) groups is 1. The number of rotatable bonds is 6. The molecule has 134 valence electrons. The van der Waals surface area contributed by atoms with Gasteiger partial charge in [0.2, 0.25) is 0 Å². The molecule has 3 heterocycles. The van der Waals surface area contributed by atoms with Crippen molar-refractivity contribution in [3.8, 4) is 5.75 Å². The largest absolute Gasteiger partial charge is 0.489 e. The minimum atomic E-state index is 0.758. The van der Waals surface area contributed by atoms with Crippen molar-refractivity contribution in [1.29, 1.82) is 0 Å². The lowest BCUT2D eigenvalue weighted by Crippen LogP contribution is -2.30. The van der Waals surface area contributed by atoms with Crippen LogP contribution in [-0.4, -0.2) is 43.4 Å². The number of hydrogen-bond acceptors (Lipinski definition) is 5. The molecule has 3 aliphatic rings. The Kier molecular flexibility index (Phi) is 4.93. The molecule has 0 amide bonds. The highest BCUT2D eigenvalue weighted by Crippen LogP contribution is 2.44. The minimum Gasteiger partial charge on any atom is -0.489 e. The first kappa shape index (κ1) is 16.8. The molecule has 1 aromatic rings. The molecular weight excluding hydrogens is 330 g/mol. The molecule has 0 fully saturated rings. The number of thioether (sulfide) groups is 1. The predicted molar refractivity (Wildman–Crippen MR) is 108 cm³/mol. The van der Waals surface area contributed by atoms with E-state index in [2.05, 4.69) is 46.3 Å². The zero-order valence-corrected chi connectivity index (χ0v) is 16.1. The van der Waals surface area contributed by atoms with E-state index in [1.165, 1.54) is 48.2 Å². The average molecular weight is 358 g/mol. The van der Waals surface area contributed by atoms with E-state index in [9.17, 15) is 0 Å². The van der Waals surface area contributed by atoms with Gasteiger partial charge >= 0.3 is 0 Å². The molecule has 5 heteroatoms. The fraction of sp³-hybridized carbons (Fsp3) is 0.550. The third-order valence-electron chi connectivity index (χ3n) is 5.18. The molecule has 1 aromatic carbocycles. The van der Waals surface area contributed by atoms with Gasteiger partial charge in [-0.1, -0.05) is 37.9 Å². The minimum absolute atomic E-state index is 0.758. The number of aryl methyl sites for hydroxylation is 1. The Bertz CT molecular complexity index is 713. The third kappa shape index (κ3) is 3.26. The maximum Gasteiger partial charge on any atom is 0.168 e. The second-order valence-electron chi connectivity index (χ2n) is 7.01. The van der Waals surface area contributed by atoms with Gasteiger partial charge in [-0.05, 0) is 30.5 Å². The molecule has 0 atom stereocenters. The second kappa shape index (κ2) is 7.32. The number of likely N-dealkylation sites (N-methyl/N-ethyl adjacent to an activating group) is 1. The van der Waals surface area contributed by atoms with Crippen molar-refractivity contribution in [2.45, 2.75) is 39.0 Å². The molecule has 4 rings (SSSR count). The molecule has 0 saturated heterocycles. The summed E-state index contributed by atoms with van der Waals surface area (Å²) in [5, 5.41) is 3.38. The number of ether oxygens (including phenoxy) is 1. The lowest BCUT2D eigenvalue weighted by molar-refractivity contribution is 0.309. The molecule has 0 bridgehead atoms. The van der Waals surface area contributed by atoms with E-state index in [4.69, 9.17) is 4.74 Å². The van der Waals surface area contributed by atoms with Crippen LogP contribution in [0.1, 0.15) is 43.7 Å². The van der Waals surface area contributed by atoms with Crippen LogP contribution >= 0.6 is 11.8 Å². The maximum absolute atomic E-state index is 6.13. The summed E-state index contributed by atoms with van der Waals surface area (Å²) < 4.78 is 6.13. The molecule has 0 aliphatic carbocycles. The Hall–Kier alpha value is -1.62. The number of nitrogens with zero attached hydrogens (tertiary/aromatic N) is 3. The molecular formula is C20H27N3OS. The predicted octanol–water partition coefficient (Wildman–Crippen LogP) is 4.35. The van der Waals surface area contributed by atoms with Gasteiger partial charge in [0, 0.05) is 24.6 Å². The van der Waals surface area contributed by atoms with E-state index >= 15 is 0 Å². The van der Waals surface area contributed by atoms with Crippen LogP contribution in [0.2, 0.25) is 0 Å². The standard InChI is InChI=1S/C20H27N3OS/c1-3-4-5-6-7-15-12-16(18-14-25-20-21-8-9-23(18)20)19-17(13-15)22(2)10-11-24-19/h12-14H,3-11H2,1-2H3. The first-order valence-electron chi connectivity index (χ1n) is 9.48. The Morgan fingerprint density at radius 3 is 3.00 bits per heavy atom. The van der Waals surface area contributed by atoms with Gasteiger partial charge in [0.05, 0.1) is 24.5 Å². The van der Waals surface area contributed by atoms with Crippen LogP contribution in [0.15, 0.2) is 22.5 Å². The van der Waals surface area contributed by atoms with Crippen LogP contribution in [-0.2, 0) is 6.42 Å². The van der Waals surface area contributed by atoms with Crippen LogP contribution in [0.3, 0.4) is 0 Å². The molecule has 4 nitrogen and oxygen atoms in total. The van der Waals surface area contributed by atoms with E-state index in [1.54, 1.807) is 11.8 Å². The summed E-state index contributed by atoms with van der Waals surface area (Å²) in [6.45, 7) is 5.87. The highest BCUT2D eigenvalue weighted by atomic mass is 32.2. The average Bonchev–Trinajstić information content (AvgIpc) is 3.22. The molecule has 3 aliphatic heterocycles. The SMILES string of the molecule is CCCCCCc1cc(C2=CSC3=NCCN23)c2c(c1)N(C)CCO2. The summed E-state index contributed by atoms with van der Waals surface area (Å²) in [5.41, 5.74) is 5.18. The maximum atomic E-state index is 6.13. The lowest BCUT2D eigenvalue weighted by atomic mass is 9.99. The molecule has 0 saturated carbocycles. The summed E-state index contributed by atoms with van der Waals surface area (Å²) in [5.74, 6) is 1.05. The number of amidine groups is 1. The van der Waals surface area contributed by atoms with Crippen LogP contribution < -0.4 is 9.64 Å². The summed E-state index contributed by atoms with van der Waals surface area (Å²) in [7, 11) is 2.17. The molecule has 0 aromatic heterocycles. The van der Waals surface area contributed by atoms with Gasteiger partial charge < -0.3 is 14.5 Å². The fourth-order valence-corrected chi connectivity index (χ4v) is 4.69. The van der Waals surface area contributed by atoms with Crippen LogP contribution in [0.25, 0.3) is 5.70 Å². The van der Waals surface area contributed by atoms with Crippen molar-refractivity contribution in [2.75, 3.05) is 38.2 Å². The van der Waals surface area contributed by atoms with Gasteiger partial charge in [0.25, 0.3) is 0 Å². The van der Waals surface area contributed by atoms with E-state index in [1.807, 2.05) is 0 Å². The Balaban J connectivity index is 1.67. The Morgan fingerprint density at radius 2 is 2.12 bits per heavy atom. The van der Waals surface area contributed by atoms with Crippen molar-refractivity contribution in [3.05, 3.63) is 28.7 Å². The monoisotopic (exact) mass is 357 g/mol. The highest BCUT2D eigenvalue weighted by molar-refractivity contribution is 8.16. The van der Waals surface area contributed by atoms with Crippen LogP contribution in [0, 0.1) is 0 Å². The van der Waals surface area contributed by atoms with Crippen molar-refractivity contribution in [1.82, 2.24) is 4.90 Å². The first-order chi connectivity index (χ1) is 12.3. The molecule has 0 radical (unpaired) electrons. The van der Waals surface area contributed by atoms with Crippen molar-refractivity contribution < 1.29 is 4.74 Å². The summed E-state index contributed by atoms with van der Waals surface area (Å²) >= 11 is 1.74. The normalized spacial score (nSPS) is 18.6. The van der Waals surface area contributed by atoms with Crippen LogP contribution in [0.4, 0.5) is 5.69 Å². The van der Waals surface area contributed by atoms with Gasteiger partial charge in [-0.2, -0.15) is 0 Å². The van der Waals surface area contributed by atoms with Crippen molar-refractivity contribution in [2.24, 2.45) is 4.99 Å². The number of fused-ring (bicyclic) bond motifs is 2. The second-order valence-corrected chi connectivity index (χ2v) is 7.85. The summed E-state index contributed by atoms with van der Waals surface area (Å²) in [6.07, 6.45) is 6.34. The molecule has 0 N–H and O–H groups in total. The number of unbranched alkanes of at least 4 members (excludes halogenated alkanes) is 3. The number of hydrogen-bond donors (Lipinski definition) is 0. The highest BCUT2D eigenvalue weighted by Gasteiger charge is 2.31. The number of anilines is 1. The summed E-state index contributed by atoms with van der Waals surface area (Å²) in [6, 6.07) is 4.70. The Labute approximate surface area is 154 Å². The van der Waals surface area contributed by atoms with Gasteiger partial charge in [-0.15, -0.1) is 0 Å². The van der Waals surface area contributed by atoms with E-state index in [-0.39, 0.29) is 0 Å². The Morgan fingerprint density at radius 1 is 1.20 bits per heavy atom. The first-order valence-corrected chi connectivity index (χ1v) is 10.4.